The molecule has 1 N–H and O–H groups in total. The zero-order chi connectivity index (χ0) is 16.9. The van der Waals surface area contributed by atoms with Gasteiger partial charge in [0.25, 0.3) is 0 Å². The molecule has 0 unspecified atom stereocenters. The van der Waals surface area contributed by atoms with Crippen LogP contribution in [0, 0.1) is 0 Å². The SMILES string of the molecule is CC(=O)N1CCOc2cc(NC(=O)OCc3ccccc3)ccc21. The van der Waals surface area contributed by atoms with Gasteiger partial charge in [0.05, 0.1) is 12.2 Å². The summed E-state index contributed by atoms with van der Waals surface area (Å²) < 4.78 is 10.7. The van der Waals surface area contributed by atoms with E-state index in [2.05, 4.69) is 5.32 Å². The second kappa shape index (κ2) is 7.04. The summed E-state index contributed by atoms with van der Waals surface area (Å²) in [5.74, 6) is 0.528. The van der Waals surface area contributed by atoms with Gasteiger partial charge in [-0.15, -0.1) is 0 Å². The molecule has 2 amide bonds. The van der Waals surface area contributed by atoms with Crippen molar-refractivity contribution in [2.45, 2.75) is 13.5 Å². The van der Waals surface area contributed by atoms with Crippen molar-refractivity contribution in [1.29, 1.82) is 0 Å². The summed E-state index contributed by atoms with van der Waals surface area (Å²) in [6.45, 7) is 2.66. The van der Waals surface area contributed by atoms with Crippen LogP contribution >= 0.6 is 0 Å². The molecule has 0 aromatic heterocycles. The zero-order valence-corrected chi connectivity index (χ0v) is 13.3. The number of benzene rings is 2. The molecule has 0 saturated heterocycles. The predicted octanol–water partition coefficient (Wildman–Crippen LogP) is 3.18. The highest BCUT2D eigenvalue weighted by molar-refractivity contribution is 5.94. The molecule has 1 heterocycles. The Labute approximate surface area is 140 Å². The molecule has 6 heteroatoms. The summed E-state index contributed by atoms with van der Waals surface area (Å²) >= 11 is 0. The lowest BCUT2D eigenvalue weighted by Crippen LogP contribution is -2.36. The Hall–Kier alpha value is -3.02. The number of nitrogens with one attached hydrogen (secondary N) is 1. The lowest BCUT2D eigenvalue weighted by Gasteiger charge is -2.28. The van der Waals surface area contributed by atoms with E-state index in [1.165, 1.54) is 6.92 Å². The fourth-order valence-corrected chi connectivity index (χ4v) is 2.50. The summed E-state index contributed by atoms with van der Waals surface area (Å²) in [5.41, 5.74) is 2.17. The molecule has 24 heavy (non-hydrogen) atoms. The quantitative estimate of drug-likeness (QED) is 0.940. The molecule has 0 bridgehead atoms. The van der Waals surface area contributed by atoms with Gasteiger partial charge in [0.15, 0.2) is 0 Å². The molecule has 0 saturated carbocycles. The number of rotatable bonds is 3. The maximum Gasteiger partial charge on any atom is 0.411 e. The van der Waals surface area contributed by atoms with E-state index in [1.807, 2.05) is 30.3 Å². The molecule has 0 radical (unpaired) electrons. The Kier molecular flexibility index (Phi) is 4.65. The minimum atomic E-state index is -0.543. The van der Waals surface area contributed by atoms with E-state index < -0.39 is 6.09 Å². The van der Waals surface area contributed by atoms with Crippen LogP contribution in [0.1, 0.15) is 12.5 Å². The van der Waals surface area contributed by atoms with Crippen molar-refractivity contribution in [2.24, 2.45) is 0 Å². The van der Waals surface area contributed by atoms with Crippen LogP contribution in [-0.4, -0.2) is 25.2 Å². The fourth-order valence-electron chi connectivity index (χ4n) is 2.50. The standard InChI is InChI=1S/C18H18N2O4/c1-13(21)20-9-10-23-17-11-15(7-8-16(17)20)19-18(22)24-12-14-5-3-2-4-6-14/h2-8,11H,9-10,12H2,1H3,(H,19,22). The molecule has 2 aromatic rings. The number of amides is 2. The Bertz CT molecular complexity index is 746. The maximum atomic E-state index is 11.9. The Morgan fingerprint density at radius 1 is 1.21 bits per heavy atom. The van der Waals surface area contributed by atoms with E-state index in [0.717, 1.165) is 5.56 Å². The molecular formula is C18H18N2O4. The maximum absolute atomic E-state index is 11.9. The third-order valence-electron chi connectivity index (χ3n) is 3.66. The van der Waals surface area contributed by atoms with Crippen molar-refractivity contribution in [3.8, 4) is 5.75 Å². The molecule has 0 fully saturated rings. The number of ether oxygens (including phenoxy) is 2. The Morgan fingerprint density at radius 3 is 2.75 bits per heavy atom. The molecule has 0 atom stereocenters. The first kappa shape index (κ1) is 15.9. The number of hydrogen-bond donors (Lipinski definition) is 1. The van der Waals surface area contributed by atoms with E-state index in [4.69, 9.17) is 9.47 Å². The smallest absolute Gasteiger partial charge is 0.411 e. The minimum Gasteiger partial charge on any atom is -0.489 e. The summed E-state index contributed by atoms with van der Waals surface area (Å²) in [6.07, 6.45) is -0.543. The number of anilines is 2. The largest absolute Gasteiger partial charge is 0.489 e. The van der Waals surface area contributed by atoms with Crippen LogP contribution in [-0.2, 0) is 16.1 Å². The van der Waals surface area contributed by atoms with Gasteiger partial charge in [-0.1, -0.05) is 30.3 Å². The molecular weight excluding hydrogens is 308 g/mol. The monoisotopic (exact) mass is 326 g/mol. The van der Waals surface area contributed by atoms with Crippen LogP contribution in [0.5, 0.6) is 5.75 Å². The van der Waals surface area contributed by atoms with Gasteiger partial charge >= 0.3 is 6.09 Å². The summed E-state index contributed by atoms with van der Waals surface area (Å²) in [5, 5.41) is 2.66. The highest BCUT2D eigenvalue weighted by Gasteiger charge is 2.21. The molecule has 2 aromatic carbocycles. The van der Waals surface area contributed by atoms with E-state index in [-0.39, 0.29) is 12.5 Å². The highest BCUT2D eigenvalue weighted by Crippen LogP contribution is 2.34. The van der Waals surface area contributed by atoms with Crippen molar-refractivity contribution in [1.82, 2.24) is 0 Å². The van der Waals surface area contributed by atoms with Crippen LogP contribution in [0.15, 0.2) is 48.5 Å². The van der Waals surface area contributed by atoms with E-state index in [0.29, 0.717) is 30.3 Å². The van der Waals surface area contributed by atoms with E-state index >= 15 is 0 Å². The van der Waals surface area contributed by atoms with Crippen molar-refractivity contribution in [2.75, 3.05) is 23.4 Å². The third kappa shape index (κ3) is 3.65. The van der Waals surface area contributed by atoms with Crippen molar-refractivity contribution >= 4 is 23.4 Å². The molecule has 3 rings (SSSR count). The van der Waals surface area contributed by atoms with Gasteiger partial charge in [0, 0.05) is 18.7 Å². The second-order valence-electron chi connectivity index (χ2n) is 5.39. The Morgan fingerprint density at radius 2 is 2.00 bits per heavy atom. The van der Waals surface area contributed by atoms with Crippen LogP contribution in [0.2, 0.25) is 0 Å². The van der Waals surface area contributed by atoms with Crippen molar-refractivity contribution in [3.63, 3.8) is 0 Å². The van der Waals surface area contributed by atoms with Crippen LogP contribution in [0.4, 0.5) is 16.2 Å². The third-order valence-corrected chi connectivity index (χ3v) is 3.66. The Balaban J connectivity index is 1.63. The topological polar surface area (TPSA) is 67.9 Å². The van der Waals surface area contributed by atoms with Gasteiger partial charge < -0.3 is 14.4 Å². The van der Waals surface area contributed by atoms with Crippen molar-refractivity contribution in [3.05, 3.63) is 54.1 Å². The van der Waals surface area contributed by atoms with Gasteiger partial charge in [-0.2, -0.15) is 0 Å². The van der Waals surface area contributed by atoms with Gasteiger partial charge in [0.2, 0.25) is 5.91 Å². The average Bonchev–Trinajstić information content (AvgIpc) is 2.60. The lowest BCUT2D eigenvalue weighted by atomic mass is 10.2. The molecule has 0 aliphatic carbocycles. The van der Waals surface area contributed by atoms with E-state index in [9.17, 15) is 9.59 Å². The number of carbonyl (C=O) groups excluding carboxylic acids is 2. The highest BCUT2D eigenvalue weighted by atomic mass is 16.5. The summed E-state index contributed by atoms with van der Waals surface area (Å²) in [7, 11) is 0. The molecule has 0 spiro atoms. The van der Waals surface area contributed by atoms with Gasteiger partial charge in [-0.3, -0.25) is 10.1 Å². The molecule has 1 aliphatic heterocycles. The normalized spacial score (nSPS) is 12.8. The van der Waals surface area contributed by atoms with Crippen LogP contribution in [0.3, 0.4) is 0 Å². The summed E-state index contributed by atoms with van der Waals surface area (Å²) in [4.78, 5) is 25.2. The minimum absolute atomic E-state index is 0.0393. The number of fused-ring (bicyclic) bond motifs is 1. The zero-order valence-electron chi connectivity index (χ0n) is 13.3. The number of nitrogens with zero attached hydrogens (tertiary/aromatic N) is 1. The van der Waals surface area contributed by atoms with Crippen molar-refractivity contribution < 1.29 is 19.1 Å². The van der Waals surface area contributed by atoms with Gasteiger partial charge in [0.1, 0.15) is 19.0 Å². The fraction of sp³-hybridized carbons (Fsp3) is 0.222. The van der Waals surface area contributed by atoms with E-state index in [1.54, 1.807) is 23.1 Å². The number of carbonyl (C=O) groups is 2. The molecule has 6 nitrogen and oxygen atoms in total. The van der Waals surface area contributed by atoms with Gasteiger partial charge in [-0.25, -0.2) is 4.79 Å². The average molecular weight is 326 g/mol. The lowest BCUT2D eigenvalue weighted by molar-refractivity contribution is -0.116. The number of hydrogen-bond acceptors (Lipinski definition) is 4. The van der Waals surface area contributed by atoms with Gasteiger partial charge in [-0.05, 0) is 17.7 Å². The summed E-state index contributed by atoms with van der Waals surface area (Å²) in [6, 6.07) is 14.6. The second-order valence-corrected chi connectivity index (χ2v) is 5.39. The van der Waals surface area contributed by atoms with Crippen LogP contribution < -0.4 is 15.0 Å². The first-order valence-corrected chi connectivity index (χ1v) is 7.66. The van der Waals surface area contributed by atoms with Crippen LogP contribution in [0.25, 0.3) is 0 Å². The molecule has 124 valence electrons. The molecule has 1 aliphatic rings. The predicted molar refractivity (Wildman–Crippen MR) is 90.2 cm³/mol. The first-order chi connectivity index (χ1) is 11.6. The first-order valence-electron chi connectivity index (χ1n) is 7.66.